The first-order chi connectivity index (χ1) is 20.0. The molecule has 6 rings (SSSR count). The molecule has 7 nitrogen and oxygen atoms in total. The van der Waals surface area contributed by atoms with Gasteiger partial charge in [-0.25, -0.2) is 4.98 Å². The Morgan fingerprint density at radius 2 is 1.22 bits per heavy atom. The smallest absolute Gasteiger partial charge is 0.298 e. The molecule has 3 aromatic heterocycles. The summed E-state index contributed by atoms with van der Waals surface area (Å²) in [6, 6.07) is 25.4. The third-order valence-corrected chi connectivity index (χ3v) is 7.28. The van der Waals surface area contributed by atoms with Crippen LogP contribution in [0.3, 0.4) is 0 Å². The molecule has 3 heterocycles. The van der Waals surface area contributed by atoms with Gasteiger partial charge in [0.05, 0.1) is 22.8 Å². The average molecular weight is 540 g/mol. The van der Waals surface area contributed by atoms with Crippen LogP contribution in [-0.4, -0.2) is 27.9 Å². The molecule has 0 atom stereocenters. The summed E-state index contributed by atoms with van der Waals surface area (Å²) < 4.78 is 10.1. The third kappa shape index (κ3) is 5.01. The first-order valence-electron chi connectivity index (χ1n) is 13.0. The maximum Gasteiger partial charge on any atom is 0.298 e. The van der Waals surface area contributed by atoms with E-state index >= 15 is 0 Å². The predicted molar refractivity (Wildman–Crippen MR) is 157 cm³/mol. The second-order valence-corrected chi connectivity index (χ2v) is 10.2. The van der Waals surface area contributed by atoms with Gasteiger partial charge in [0.1, 0.15) is 11.5 Å². The molecule has 0 saturated heterocycles. The summed E-state index contributed by atoms with van der Waals surface area (Å²) in [5.41, 5.74) is 9.18. The molecule has 7 heteroatoms. The summed E-state index contributed by atoms with van der Waals surface area (Å²) in [6.45, 7) is 5.23. The van der Waals surface area contributed by atoms with Gasteiger partial charge in [-0.3, -0.25) is 19.6 Å². The summed E-state index contributed by atoms with van der Waals surface area (Å²) >= 11 is 0. The maximum absolute atomic E-state index is 11.1. The fourth-order valence-electron chi connectivity index (χ4n) is 5.28. The summed E-state index contributed by atoms with van der Waals surface area (Å²) in [4.78, 5) is 35.4. The van der Waals surface area contributed by atoms with Crippen molar-refractivity contribution in [2.45, 2.75) is 19.3 Å². The standard InChI is InChI=1S/C34H25N3O4/c1-34(2)28-6-4-3-5-26(28)27-10-9-22(15-29(27)34)7-8-23-11-13-35-30(16-23)32-18-25(41-21-39)19-33(37-32)31-17-24(40-20-38)12-14-36-31/h3-21H,1-2H3/b8-7+. The highest BCUT2D eigenvalue weighted by molar-refractivity contribution is 5.83. The number of hydrogen-bond acceptors (Lipinski definition) is 7. The van der Waals surface area contributed by atoms with E-state index in [1.165, 1.54) is 28.5 Å². The number of nitrogens with zero attached hydrogens (tertiary/aromatic N) is 3. The van der Waals surface area contributed by atoms with Crippen molar-refractivity contribution < 1.29 is 19.1 Å². The first kappa shape index (κ1) is 25.8. The summed E-state index contributed by atoms with van der Waals surface area (Å²) in [6.07, 6.45) is 7.34. The predicted octanol–water partition coefficient (Wildman–Crippen LogP) is 6.75. The van der Waals surface area contributed by atoms with E-state index in [1.807, 2.05) is 18.2 Å². The number of pyridine rings is 3. The lowest BCUT2D eigenvalue weighted by atomic mass is 9.82. The van der Waals surface area contributed by atoms with Crippen LogP contribution in [-0.2, 0) is 15.0 Å². The van der Waals surface area contributed by atoms with Crippen LogP contribution in [0.4, 0.5) is 0 Å². The highest BCUT2D eigenvalue weighted by Gasteiger charge is 2.34. The van der Waals surface area contributed by atoms with Crippen molar-refractivity contribution in [1.82, 2.24) is 15.0 Å². The number of hydrogen-bond donors (Lipinski definition) is 0. The molecule has 0 N–H and O–H groups in total. The lowest BCUT2D eigenvalue weighted by Crippen LogP contribution is -2.14. The molecule has 0 radical (unpaired) electrons. The highest BCUT2D eigenvalue weighted by atomic mass is 16.5. The molecule has 5 aromatic rings. The van der Waals surface area contributed by atoms with Crippen LogP contribution in [0.25, 0.3) is 46.1 Å². The monoisotopic (exact) mass is 539 g/mol. The van der Waals surface area contributed by atoms with Gasteiger partial charge in [-0.1, -0.05) is 68.5 Å². The topological polar surface area (TPSA) is 91.3 Å². The Morgan fingerprint density at radius 3 is 1.98 bits per heavy atom. The number of benzene rings is 2. The fourth-order valence-corrected chi connectivity index (χ4v) is 5.28. The largest absolute Gasteiger partial charge is 0.429 e. The molecule has 1 aliphatic carbocycles. The lowest BCUT2D eigenvalue weighted by Gasteiger charge is -2.21. The van der Waals surface area contributed by atoms with E-state index in [9.17, 15) is 9.59 Å². The van der Waals surface area contributed by atoms with Gasteiger partial charge in [-0.2, -0.15) is 0 Å². The molecule has 0 unspecified atom stereocenters. The molecule has 0 bridgehead atoms. The molecular weight excluding hydrogens is 514 g/mol. The molecule has 41 heavy (non-hydrogen) atoms. The summed E-state index contributed by atoms with van der Waals surface area (Å²) in [5, 5.41) is 0. The Hall–Kier alpha value is -5.43. The Kier molecular flexibility index (Phi) is 6.69. The molecule has 0 aliphatic heterocycles. The van der Waals surface area contributed by atoms with Crippen LogP contribution < -0.4 is 9.47 Å². The van der Waals surface area contributed by atoms with Gasteiger partial charge in [0, 0.05) is 36.0 Å². The van der Waals surface area contributed by atoms with Gasteiger partial charge < -0.3 is 9.47 Å². The van der Waals surface area contributed by atoms with Gasteiger partial charge >= 0.3 is 0 Å². The van der Waals surface area contributed by atoms with Crippen molar-refractivity contribution in [3.8, 4) is 45.4 Å². The minimum Gasteiger partial charge on any atom is -0.429 e. The first-order valence-corrected chi connectivity index (χ1v) is 13.0. The number of aromatic nitrogens is 3. The molecule has 2 aromatic carbocycles. The Morgan fingerprint density at radius 1 is 0.610 bits per heavy atom. The molecule has 200 valence electrons. The minimum atomic E-state index is -0.0642. The van der Waals surface area contributed by atoms with Crippen LogP contribution in [0.5, 0.6) is 11.5 Å². The van der Waals surface area contributed by atoms with Crippen LogP contribution in [0.2, 0.25) is 0 Å². The molecule has 0 fully saturated rings. The fraction of sp³-hybridized carbons (Fsp3) is 0.0882. The summed E-state index contributed by atoms with van der Waals surface area (Å²) in [5.74, 6) is 0.604. The minimum absolute atomic E-state index is 0.0642. The van der Waals surface area contributed by atoms with Crippen LogP contribution in [0.1, 0.15) is 36.1 Å². The Labute approximate surface area is 237 Å². The Bertz CT molecular complexity index is 1830. The highest BCUT2D eigenvalue weighted by Crippen LogP contribution is 2.48. The van der Waals surface area contributed by atoms with Gasteiger partial charge in [0.25, 0.3) is 12.9 Å². The maximum atomic E-state index is 11.1. The van der Waals surface area contributed by atoms with E-state index in [-0.39, 0.29) is 11.2 Å². The number of carbonyl (C=O) groups excluding carboxylic acids is 2. The molecular formula is C34H25N3O4. The molecule has 0 spiro atoms. The Balaban J connectivity index is 1.32. The average Bonchev–Trinajstić information content (AvgIpc) is 3.23. The zero-order valence-electron chi connectivity index (χ0n) is 22.4. The summed E-state index contributed by atoms with van der Waals surface area (Å²) in [7, 11) is 0. The van der Waals surface area contributed by atoms with Gasteiger partial charge in [0.15, 0.2) is 0 Å². The zero-order chi connectivity index (χ0) is 28.4. The van der Waals surface area contributed by atoms with Gasteiger partial charge in [0.2, 0.25) is 0 Å². The van der Waals surface area contributed by atoms with E-state index in [0.717, 1.165) is 11.1 Å². The normalized spacial score (nSPS) is 12.9. The van der Waals surface area contributed by atoms with E-state index in [1.54, 1.807) is 30.5 Å². The van der Waals surface area contributed by atoms with E-state index in [4.69, 9.17) is 14.5 Å². The van der Waals surface area contributed by atoms with Crippen LogP contribution in [0, 0.1) is 0 Å². The second kappa shape index (κ2) is 10.6. The SMILES string of the molecule is CC1(C)c2ccccc2-c2ccc(/C=C/c3ccnc(-c4cc(OC=O)cc(-c5cc(OC=O)ccn5)n4)c3)cc21. The van der Waals surface area contributed by atoms with E-state index in [0.29, 0.717) is 41.5 Å². The van der Waals surface area contributed by atoms with Gasteiger partial charge in [-0.15, -0.1) is 0 Å². The number of fused-ring (bicyclic) bond motifs is 3. The lowest BCUT2D eigenvalue weighted by molar-refractivity contribution is -0.121. The number of rotatable bonds is 8. The van der Waals surface area contributed by atoms with Crippen molar-refractivity contribution in [3.05, 3.63) is 114 Å². The van der Waals surface area contributed by atoms with Crippen molar-refractivity contribution in [2.24, 2.45) is 0 Å². The second-order valence-electron chi connectivity index (χ2n) is 10.2. The third-order valence-electron chi connectivity index (χ3n) is 7.28. The van der Waals surface area contributed by atoms with Crippen molar-refractivity contribution in [1.29, 1.82) is 0 Å². The van der Waals surface area contributed by atoms with Crippen LogP contribution in [0.15, 0.2) is 91.3 Å². The van der Waals surface area contributed by atoms with Crippen LogP contribution >= 0.6 is 0 Å². The van der Waals surface area contributed by atoms with Crippen molar-refractivity contribution in [2.75, 3.05) is 0 Å². The van der Waals surface area contributed by atoms with E-state index < -0.39 is 0 Å². The van der Waals surface area contributed by atoms with Crippen molar-refractivity contribution in [3.63, 3.8) is 0 Å². The van der Waals surface area contributed by atoms with Crippen molar-refractivity contribution >= 4 is 25.1 Å². The van der Waals surface area contributed by atoms with Gasteiger partial charge in [-0.05, 0) is 51.6 Å². The molecule has 1 aliphatic rings. The quantitative estimate of drug-likeness (QED) is 0.201. The zero-order valence-corrected chi connectivity index (χ0v) is 22.4. The number of carbonyl (C=O) groups is 2. The molecule has 0 saturated carbocycles. The molecule has 0 amide bonds. The number of ether oxygens (including phenoxy) is 2. The van der Waals surface area contributed by atoms with E-state index in [2.05, 4.69) is 72.4 Å².